The maximum absolute atomic E-state index is 10.5. The highest BCUT2D eigenvalue weighted by atomic mass is 127. The normalized spacial score (nSPS) is 37.4. The summed E-state index contributed by atoms with van der Waals surface area (Å²) in [5.41, 5.74) is 0.380. The lowest BCUT2D eigenvalue weighted by Crippen LogP contribution is -2.43. The van der Waals surface area contributed by atoms with E-state index in [0.29, 0.717) is 11.5 Å². The van der Waals surface area contributed by atoms with E-state index in [4.69, 9.17) is 8.17 Å². The molecule has 1 spiro atoms. The van der Waals surface area contributed by atoms with E-state index in [1.165, 1.54) is 0 Å². The van der Waals surface area contributed by atoms with Crippen molar-refractivity contribution in [3.8, 4) is 0 Å². The minimum absolute atomic E-state index is 0.192. The van der Waals surface area contributed by atoms with Crippen LogP contribution in [0.2, 0.25) is 0 Å². The van der Waals surface area contributed by atoms with E-state index in [1.807, 2.05) is 27.9 Å². The Morgan fingerprint density at radius 1 is 1.64 bits per heavy atom. The van der Waals surface area contributed by atoms with E-state index < -0.39 is 5.97 Å². The Hall–Kier alpha value is 0.120. The largest absolute Gasteiger partial charge is 0.480 e. The number of likely N-dealkylation sites (tertiary alicyclic amines) is 1. The zero-order valence-electron chi connectivity index (χ0n) is 7.91. The average Bonchev–Trinajstić information content (AvgIpc) is 2.44. The lowest BCUT2D eigenvalue weighted by molar-refractivity contribution is -0.138. The Labute approximate surface area is 97.3 Å². The van der Waals surface area contributed by atoms with Crippen LogP contribution in [0, 0.1) is 5.41 Å². The van der Waals surface area contributed by atoms with Crippen molar-refractivity contribution >= 4 is 29.0 Å². The molecule has 2 fully saturated rings. The average molecular weight is 311 g/mol. The fraction of sp³-hybridized carbons (Fsp3) is 0.889. The molecule has 0 amide bonds. The van der Waals surface area contributed by atoms with Crippen LogP contribution in [0.25, 0.3) is 0 Å². The molecule has 0 aromatic carbocycles. The molecule has 1 heterocycles. The van der Waals surface area contributed by atoms with Gasteiger partial charge >= 0.3 is 5.97 Å². The van der Waals surface area contributed by atoms with Crippen LogP contribution in [-0.2, 0) is 7.86 Å². The van der Waals surface area contributed by atoms with Crippen molar-refractivity contribution in [3.05, 3.63) is 0 Å². The van der Waals surface area contributed by atoms with Crippen LogP contribution in [0.15, 0.2) is 0 Å². The summed E-state index contributed by atoms with van der Waals surface area (Å²) in [5, 5.41) is 8.67. The molecule has 14 heavy (non-hydrogen) atoms. The van der Waals surface area contributed by atoms with Gasteiger partial charge in [0.25, 0.3) is 0 Å². The van der Waals surface area contributed by atoms with Crippen molar-refractivity contribution in [1.82, 2.24) is 4.90 Å². The van der Waals surface area contributed by atoms with Gasteiger partial charge in [0.2, 0.25) is 0 Å². The summed E-state index contributed by atoms with van der Waals surface area (Å²) in [4.78, 5) is 12.6. The molecule has 0 aromatic rings. The molecule has 1 saturated carbocycles. The van der Waals surface area contributed by atoms with Crippen LogP contribution < -0.4 is 0 Å². The summed E-state index contributed by atoms with van der Waals surface area (Å²) in [6.07, 6.45) is 3.75. The molecule has 5 heteroatoms. The van der Waals surface area contributed by atoms with Gasteiger partial charge in [0.1, 0.15) is 23.0 Å². The molecular formula is C9H14INO3. The molecule has 0 bridgehead atoms. The molecule has 0 unspecified atom stereocenters. The number of aliphatic carboxylic acids is 1. The zero-order valence-corrected chi connectivity index (χ0v) is 10.1. The second-order valence-corrected chi connectivity index (χ2v) is 4.98. The van der Waals surface area contributed by atoms with Crippen molar-refractivity contribution in [2.24, 2.45) is 5.41 Å². The van der Waals surface area contributed by atoms with Crippen molar-refractivity contribution in [2.45, 2.75) is 25.4 Å². The second-order valence-electron chi connectivity index (χ2n) is 4.47. The standard InChI is InChI=1S/C9H14INO3/c10-14-7-3-9(4-7)1-2-11(6-9)5-8(12)13/h7H,1-6H2,(H,12,13). The predicted octanol–water partition coefficient (Wildman–Crippen LogP) is 1.29. The molecule has 0 aromatic heterocycles. The van der Waals surface area contributed by atoms with Gasteiger partial charge in [0.15, 0.2) is 0 Å². The first-order chi connectivity index (χ1) is 6.63. The SMILES string of the molecule is O=C(O)CN1CCC2(CC(OI)C2)C1. The van der Waals surface area contributed by atoms with Gasteiger partial charge in [-0.1, -0.05) is 0 Å². The van der Waals surface area contributed by atoms with Gasteiger partial charge in [-0.15, -0.1) is 0 Å². The van der Waals surface area contributed by atoms with Crippen molar-refractivity contribution < 1.29 is 13.0 Å². The smallest absolute Gasteiger partial charge is 0.317 e. The second kappa shape index (κ2) is 3.94. The Morgan fingerprint density at radius 3 is 2.93 bits per heavy atom. The van der Waals surface area contributed by atoms with Gasteiger partial charge in [0, 0.05) is 6.54 Å². The summed E-state index contributed by atoms with van der Waals surface area (Å²) in [6, 6.07) is 0. The highest BCUT2D eigenvalue weighted by Gasteiger charge is 2.48. The maximum Gasteiger partial charge on any atom is 0.317 e. The molecule has 2 aliphatic rings. The van der Waals surface area contributed by atoms with Crippen LogP contribution in [0.1, 0.15) is 19.3 Å². The monoisotopic (exact) mass is 311 g/mol. The van der Waals surface area contributed by atoms with Gasteiger partial charge in [-0.25, -0.2) is 0 Å². The number of carboxylic acid groups (broad SMARTS) is 1. The summed E-state index contributed by atoms with van der Waals surface area (Å²) in [7, 11) is 0. The minimum atomic E-state index is -0.719. The Bertz CT molecular complexity index is 240. The Morgan fingerprint density at radius 2 is 2.36 bits per heavy atom. The zero-order chi connectivity index (χ0) is 10.2. The minimum Gasteiger partial charge on any atom is -0.480 e. The summed E-state index contributed by atoms with van der Waals surface area (Å²) >= 11 is 1.95. The molecular weight excluding hydrogens is 297 g/mol. The van der Waals surface area contributed by atoms with Gasteiger partial charge in [-0.05, 0) is 31.2 Å². The van der Waals surface area contributed by atoms with E-state index >= 15 is 0 Å². The molecule has 1 aliphatic carbocycles. The lowest BCUT2D eigenvalue weighted by Gasteiger charge is -2.43. The first-order valence-electron chi connectivity index (χ1n) is 4.85. The van der Waals surface area contributed by atoms with Crippen LogP contribution in [0.5, 0.6) is 0 Å². The highest BCUT2D eigenvalue weighted by Crippen LogP contribution is 2.49. The number of halogens is 1. The number of hydrogen-bond acceptors (Lipinski definition) is 3. The van der Waals surface area contributed by atoms with E-state index in [1.54, 1.807) is 0 Å². The first kappa shape index (κ1) is 10.6. The third-order valence-corrected chi connectivity index (χ3v) is 4.04. The van der Waals surface area contributed by atoms with E-state index in [9.17, 15) is 4.79 Å². The highest BCUT2D eigenvalue weighted by molar-refractivity contribution is 14.1. The molecule has 1 saturated heterocycles. The fourth-order valence-corrected chi connectivity index (χ4v) is 3.02. The molecule has 1 aliphatic heterocycles. The number of carboxylic acids is 1. The number of nitrogens with zero attached hydrogens (tertiary/aromatic N) is 1. The van der Waals surface area contributed by atoms with Crippen molar-refractivity contribution in [1.29, 1.82) is 0 Å². The quantitative estimate of drug-likeness (QED) is 0.798. The number of carbonyl (C=O) groups is 1. The molecule has 1 N–H and O–H groups in total. The van der Waals surface area contributed by atoms with Crippen molar-refractivity contribution in [2.75, 3.05) is 19.6 Å². The summed E-state index contributed by atoms with van der Waals surface area (Å²) in [5.74, 6) is -0.719. The predicted molar refractivity (Wildman–Crippen MR) is 59.3 cm³/mol. The van der Waals surface area contributed by atoms with Crippen LogP contribution >= 0.6 is 23.0 Å². The first-order valence-corrected chi connectivity index (χ1v) is 5.73. The maximum atomic E-state index is 10.5. The third-order valence-electron chi connectivity index (χ3n) is 3.32. The van der Waals surface area contributed by atoms with Gasteiger partial charge in [-0.2, -0.15) is 0 Å². The van der Waals surface area contributed by atoms with Crippen LogP contribution in [0.3, 0.4) is 0 Å². The van der Waals surface area contributed by atoms with E-state index in [-0.39, 0.29) is 6.54 Å². The molecule has 4 nitrogen and oxygen atoms in total. The number of rotatable bonds is 3. The molecule has 2 rings (SSSR count). The van der Waals surface area contributed by atoms with Crippen LogP contribution in [0.4, 0.5) is 0 Å². The van der Waals surface area contributed by atoms with E-state index in [2.05, 4.69) is 0 Å². The summed E-state index contributed by atoms with van der Waals surface area (Å²) in [6.45, 7) is 2.06. The van der Waals surface area contributed by atoms with E-state index in [0.717, 1.165) is 32.4 Å². The summed E-state index contributed by atoms with van der Waals surface area (Å²) < 4.78 is 5.22. The fourth-order valence-electron chi connectivity index (χ4n) is 2.66. The molecule has 0 atom stereocenters. The molecule has 80 valence electrons. The van der Waals surface area contributed by atoms with Gasteiger partial charge < -0.3 is 8.17 Å². The van der Waals surface area contributed by atoms with Crippen LogP contribution in [-0.4, -0.2) is 41.7 Å². The van der Waals surface area contributed by atoms with Gasteiger partial charge in [-0.3, -0.25) is 9.69 Å². The Balaban J connectivity index is 1.81. The van der Waals surface area contributed by atoms with Crippen molar-refractivity contribution in [3.63, 3.8) is 0 Å². The number of hydrogen-bond donors (Lipinski definition) is 1. The van der Waals surface area contributed by atoms with Gasteiger partial charge in [0.05, 0.1) is 12.6 Å². The third kappa shape index (κ3) is 2.04. The lowest BCUT2D eigenvalue weighted by atomic mass is 9.66. The molecule has 0 radical (unpaired) electrons. The topological polar surface area (TPSA) is 49.8 Å². The Kier molecular flexibility index (Phi) is 2.99.